The second-order valence-corrected chi connectivity index (χ2v) is 5.33. The first kappa shape index (κ1) is 14.5. The second-order valence-electron chi connectivity index (χ2n) is 3.85. The van der Waals surface area contributed by atoms with Gasteiger partial charge in [0.05, 0.1) is 0 Å². The normalized spacial score (nSPS) is 10.7. The Bertz CT molecular complexity index is 227. The minimum atomic E-state index is -0.452. The van der Waals surface area contributed by atoms with Gasteiger partial charge in [0.25, 0.3) is 0 Å². The SMILES string of the molecule is CSC(=S)NCCNC(=O)OC(C)(C)C. The number of hydrogen-bond donors (Lipinski definition) is 2. The van der Waals surface area contributed by atoms with Crippen molar-refractivity contribution in [2.45, 2.75) is 26.4 Å². The van der Waals surface area contributed by atoms with Crippen molar-refractivity contribution in [1.29, 1.82) is 0 Å². The first-order valence-corrected chi connectivity index (χ1v) is 6.27. The Labute approximate surface area is 101 Å². The summed E-state index contributed by atoms with van der Waals surface area (Å²) in [6, 6.07) is 0. The van der Waals surface area contributed by atoms with Crippen LogP contribution in [0.3, 0.4) is 0 Å². The molecule has 88 valence electrons. The van der Waals surface area contributed by atoms with Crippen molar-refractivity contribution in [2.24, 2.45) is 0 Å². The van der Waals surface area contributed by atoms with Crippen LogP contribution < -0.4 is 10.6 Å². The van der Waals surface area contributed by atoms with Crippen LogP contribution in [0.15, 0.2) is 0 Å². The molecule has 0 saturated carbocycles. The highest BCUT2D eigenvalue weighted by atomic mass is 32.2. The molecule has 0 bridgehead atoms. The number of ether oxygens (including phenoxy) is 1. The van der Waals surface area contributed by atoms with Crippen molar-refractivity contribution in [3.8, 4) is 0 Å². The molecule has 0 aliphatic carbocycles. The van der Waals surface area contributed by atoms with Crippen LogP contribution in [0.1, 0.15) is 20.8 Å². The number of nitrogens with one attached hydrogen (secondary N) is 2. The Kier molecular flexibility index (Phi) is 6.67. The topological polar surface area (TPSA) is 50.4 Å². The lowest BCUT2D eigenvalue weighted by Crippen LogP contribution is -2.37. The van der Waals surface area contributed by atoms with Gasteiger partial charge in [-0.25, -0.2) is 4.79 Å². The fourth-order valence-corrected chi connectivity index (χ4v) is 1.06. The van der Waals surface area contributed by atoms with Crippen LogP contribution in [-0.2, 0) is 4.74 Å². The maximum Gasteiger partial charge on any atom is 0.407 e. The van der Waals surface area contributed by atoms with E-state index in [-0.39, 0.29) is 0 Å². The van der Waals surface area contributed by atoms with Gasteiger partial charge in [-0.2, -0.15) is 0 Å². The number of thioether (sulfide) groups is 1. The summed E-state index contributed by atoms with van der Waals surface area (Å²) in [5, 5.41) is 5.60. The molecule has 0 aliphatic heterocycles. The Balaban J connectivity index is 3.52. The highest BCUT2D eigenvalue weighted by Gasteiger charge is 2.15. The zero-order valence-electron chi connectivity index (χ0n) is 9.55. The zero-order chi connectivity index (χ0) is 11.9. The molecule has 0 atom stereocenters. The number of amides is 1. The summed E-state index contributed by atoms with van der Waals surface area (Å²) >= 11 is 6.40. The van der Waals surface area contributed by atoms with Gasteiger partial charge in [0, 0.05) is 13.1 Å². The van der Waals surface area contributed by atoms with E-state index in [0.717, 1.165) is 4.32 Å². The van der Waals surface area contributed by atoms with E-state index >= 15 is 0 Å². The van der Waals surface area contributed by atoms with Crippen LogP contribution in [0.2, 0.25) is 0 Å². The molecule has 15 heavy (non-hydrogen) atoms. The molecule has 1 amide bonds. The molecule has 0 fully saturated rings. The van der Waals surface area contributed by atoms with Crippen LogP contribution in [-0.4, -0.2) is 35.4 Å². The monoisotopic (exact) mass is 250 g/mol. The Morgan fingerprint density at radius 2 is 1.87 bits per heavy atom. The lowest BCUT2D eigenvalue weighted by molar-refractivity contribution is 0.0529. The largest absolute Gasteiger partial charge is 0.444 e. The molecular weight excluding hydrogens is 232 g/mol. The molecular formula is C9H18N2O2S2. The number of thiocarbonyl (C=S) groups is 1. The van der Waals surface area contributed by atoms with Crippen molar-refractivity contribution < 1.29 is 9.53 Å². The average Bonchev–Trinajstić information content (AvgIpc) is 2.09. The van der Waals surface area contributed by atoms with E-state index in [1.807, 2.05) is 27.0 Å². The van der Waals surface area contributed by atoms with E-state index in [2.05, 4.69) is 10.6 Å². The van der Waals surface area contributed by atoms with E-state index < -0.39 is 11.7 Å². The molecule has 4 nitrogen and oxygen atoms in total. The van der Waals surface area contributed by atoms with Gasteiger partial charge >= 0.3 is 6.09 Å². The van der Waals surface area contributed by atoms with Gasteiger partial charge in [-0.1, -0.05) is 12.2 Å². The summed E-state index contributed by atoms with van der Waals surface area (Å²) in [5.74, 6) is 0. The van der Waals surface area contributed by atoms with Gasteiger partial charge in [-0.15, -0.1) is 11.8 Å². The molecule has 0 aliphatic rings. The molecule has 0 spiro atoms. The predicted octanol–water partition coefficient (Wildman–Crippen LogP) is 1.75. The maximum absolute atomic E-state index is 11.2. The van der Waals surface area contributed by atoms with Crippen LogP contribution in [0.25, 0.3) is 0 Å². The Morgan fingerprint density at radius 1 is 1.33 bits per heavy atom. The molecule has 0 aromatic carbocycles. The van der Waals surface area contributed by atoms with E-state index in [1.54, 1.807) is 0 Å². The minimum absolute atomic E-state index is 0.403. The van der Waals surface area contributed by atoms with Gasteiger partial charge < -0.3 is 15.4 Å². The molecule has 0 saturated heterocycles. The predicted molar refractivity (Wildman–Crippen MR) is 68.4 cm³/mol. The summed E-state index contributed by atoms with van der Waals surface area (Å²) in [6.45, 7) is 6.59. The van der Waals surface area contributed by atoms with E-state index in [1.165, 1.54) is 11.8 Å². The fraction of sp³-hybridized carbons (Fsp3) is 0.778. The smallest absolute Gasteiger partial charge is 0.407 e. The first-order valence-electron chi connectivity index (χ1n) is 4.64. The van der Waals surface area contributed by atoms with E-state index in [9.17, 15) is 4.79 Å². The van der Waals surface area contributed by atoms with Gasteiger partial charge in [0.2, 0.25) is 0 Å². The highest BCUT2D eigenvalue weighted by molar-refractivity contribution is 8.22. The van der Waals surface area contributed by atoms with Crippen LogP contribution in [0, 0.1) is 0 Å². The third-order valence-electron chi connectivity index (χ3n) is 1.25. The quantitative estimate of drug-likeness (QED) is 0.590. The lowest BCUT2D eigenvalue weighted by atomic mass is 10.2. The van der Waals surface area contributed by atoms with E-state index in [4.69, 9.17) is 17.0 Å². The van der Waals surface area contributed by atoms with E-state index in [0.29, 0.717) is 13.1 Å². The highest BCUT2D eigenvalue weighted by Crippen LogP contribution is 2.05. The minimum Gasteiger partial charge on any atom is -0.444 e. The third kappa shape index (κ3) is 9.81. The molecule has 0 heterocycles. The van der Waals surface area contributed by atoms with Gasteiger partial charge in [-0.05, 0) is 27.0 Å². The Morgan fingerprint density at radius 3 is 2.33 bits per heavy atom. The van der Waals surface area contributed by atoms with Crippen molar-refractivity contribution in [3.63, 3.8) is 0 Å². The summed E-state index contributed by atoms with van der Waals surface area (Å²) < 4.78 is 5.78. The zero-order valence-corrected chi connectivity index (χ0v) is 11.2. The molecule has 0 aromatic heterocycles. The summed E-state index contributed by atoms with van der Waals surface area (Å²) in [5.41, 5.74) is -0.452. The molecule has 2 N–H and O–H groups in total. The third-order valence-corrected chi connectivity index (χ3v) is 2.41. The van der Waals surface area contributed by atoms with Crippen molar-refractivity contribution >= 4 is 34.4 Å². The summed E-state index contributed by atoms with van der Waals surface area (Å²) in [4.78, 5) is 11.2. The molecule has 0 radical (unpaired) electrons. The van der Waals surface area contributed by atoms with Gasteiger partial charge in [0.1, 0.15) is 9.92 Å². The van der Waals surface area contributed by atoms with Crippen molar-refractivity contribution in [1.82, 2.24) is 10.6 Å². The number of carbonyl (C=O) groups is 1. The molecule has 0 unspecified atom stereocenters. The summed E-state index contributed by atoms with van der Waals surface area (Å²) in [7, 11) is 0. The van der Waals surface area contributed by atoms with Gasteiger partial charge in [-0.3, -0.25) is 0 Å². The number of alkyl carbamates (subject to hydrolysis) is 1. The maximum atomic E-state index is 11.2. The number of carbonyl (C=O) groups excluding carboxylic acids is 1. The standard InChI is InChI=1S/C9H18N2O2S2/c1-9(2,3)13-7(12)10-5-6-11-8(14)15-4/h5-6H2,1-4H3,(H,10,12)(H,11,14). The van der Waals surface area contributed by atoms with Crippen LogP contribution in [0.4, 0.5) is 4.79 Å². The summed E-state index contributed by atoms with van der Waals surface area (Å²) in [6.07, 6.45) is 1.50. The van der Waals surface area contributed by atoms with Crippen LogP contribution in [0.5, 0.6) is 0 Å². The average molecular weight is 250 g/mol. The van der Waals surface area contributed by atoms with Gasteiger partial charge in [0.15, 0.2) is 0 Å². The number of hydrogen-bond acceptors (Lipinski definition) is 4. The van der Waals surface area contributed by atoms with Crippen molar-refractivity contribution in [2.75, 3.05) is 19.3 Å². The lowest BCUT2D eigenvalue weighted by Gasteiger charge is -2.19. The van der Waals surface area contributed by atoms with Crippen LogP contribution >= 0.6 is 24.0 Å². The van der Waals surface area contributed by atoms with Crippen molar-refractivity contribution in [3.05, 3.63) is 0 Å². The Hall–Kier alpha value is -0.490. The number of rotatable bonds is 3. The molecule has 6 heteroatoms. The molecule has 0 aromatic rings. The molecule has 0 rings (SSSR count). The first-order chi connectivity index (χ1) is 6.85. The fourth-order valence-electron chi connectivity index (χ4n) is 0.715. The second kappa shape index (κ2) is 6.90.